The Bertz CT molecular complexity index is 1190. The first-order valence-electron chi connectivity index (χ1n) is 11.7. The number of nitrogens with one attached hydrogen (secondary N) is 1. The fourth-order valence-electron chi connectivity index (χ4n) is 4.73. The predicted molar refractivity (Wildman–Crippen MR) is 130 cm³/mol. The molecule has 0 aliphatic heterocycles. The SMILES string of the molecule is O=C(Nc1ccc(CCc2nc3ccccc3n2-c2ccccc2)cc1)C1CCCCC1. The molecule has 32 heavy (non-hydrogen) atoms. The van der Waals surface area contributed by atoms with Crippen molar-refractivity contribution in [2.45, 2.75) is 44.9 Å². The van der Waals surface area contributed by atoms with Crippen LogP contribution in [0.15, 0.2) is 78.9 Å². The molecular weight excluding hydrogens is 394 g/mol. The lowest BCUT2D eigenvalue weighted by Crippen LogP contribution is -2.24. The number of fused-ring (bicyclic) bond motifs is 1. The summed E-state index contributed by atoms with van der Waals surface area (Å²) >= 11 is 0. The van der Waals surface area contributed by atoms with Gasteiger partial charge in [0.1, 0.15) is 5.82 Å². The molecule has 0 unspecified atom stereocenters. The zero-order valence-electron chi connectivity index (χ0n) is 18.3. The number of hydrogen-bond acceptors (Lipinski definition) is 2. The number of aryl methyl sites for hydroxylation is 2. The van der Waals surface area contributed by atoms with Crippen LogP contribution in [-0.4, -0.2) is 15.5 Å². The topological polar surface area (TPSA) is 46.9 Å². The van der Waals surface area contributed by atoms with Gasteiger partial charge in [0.25, 0.3) is 0 Å². The van der Waals surface area contributed by atoms with Crippen LogP contribution in [0.2, 0.25) is 0 Å². The minimum Gasteiger partial charge on any atom is -0.326 e. The molecule has 1 aromatic heterocycles. The quantitative estimate of drug-likeness (QED) is 0.394. The fraction of sp³-hybridized carbons (Fsp3) is 0.286. The van der Waals surface area contributed by atoms with Crippen LogP contribution in [-0.2, 0) is 17.6 Å². The molecule has 162 valence electrons. The summed E-state index contributed by atoms with van der Waals surface area (Å²) in [6.07, 6.45) is 7.38. The van der Waals surface area contributed by atoms with E-state index in [1.807, 2.05) is 24.3 Å². The smallest absolute Gasteiger partial charge is 0.227 e. The van der Waals surface area contributed by atoms with Crippen molar-refractivity contribution >= 4 is 22.6 Å². The molecule has 1 aliphatic carbocycles. The highest BCUT2D eigenvalue weighted by atomic mass is 16.1. The maximum atomic E-state index is 12.5. The largest absolute Gasteiger partial charge is 0.326 e. The number of nitrogens with zero attached hydrogens (tertiary/aromatic N) is 2. The van der Waals surface area contributed by atoms with Gasteiger partial charge in [-0.3, -0.25) is 9.36 Å². The number of hydrogen-bond donors (Lipinski definition) is 1. The van der Waals surface area contributed by atoms with Gasteiger partial charge in [0.05, 0.1) is 11.0 Å². The summed E-state index contributed by atoms with van der Waals surface area (Å²) in [7, 11) is 0. The van der Waals surface area contributed by atoms with Crippen molar-refractivity contribution in [3.8, 4) is 5.69 Å². The van der Waals surface area contributed by atoms with Gasteiger partial charge in [-0.25, -0.2) is 4.98 Å². The third-order valence-electron chi connectivity index (χ3n) is 6.48. The summed E-state index contributed by atoms with van der Waals surface area (Å²) in [5, 5.41) is 3.11. The average Bonchev–Trinajstić information content (AvgIpc) is 3.23. The minimum atomic E-state index is 0.175. The Hall–Kier alpha value is -3.40. The number of carbonyl (C=O) groups excluding carboxylic acids is 1. The van der Waals surface area contributed by atoms with Crippen LogP contribution in [0, 0.1) is 5.92 Å². The number of para-hydroxylation sites is 3. The Kier molecular flexibility index (Phi) is 6.02. The first kappa shape index (κ1) is 20.5. The van der Waals surface area contributed by atoms with E-state index in [0.29, 0.717) is 0 Å². The maximum absolute atomic E-state index is 12.5. The number of amides is 1. The third kappa shape index (κ3) is 4.45. The molecule has 1 fully saturated rings. The van der Waals surface area contributed by atoms with Crippen LogP contribution in [0.5, 0.6) is 0 Å². The second-order valence-corrected chi connectivity index (χ2v) is 8.71. The fourth-order valence-corrected chi connectivity index (χ4v) is 4.73. The molecule has 0 atom stereocenters. The van der Waals surface area contributed by atoms with Gasteiger partial charge in [-0.2, -0.15) is 0 Å². The molecule has 4 nitrogen and oxygen atoms in total. The summed E-state index contributed by atoms with van der Waals surface area (Å²) in [6, 6.07) is 27.0. The Morgan fingerprint density at radius 2 is 1.56 bits per heavy atom. The molecule has 0 saturated heterocycles. The van der Waals surface area contributed by atoms with Crippen molar-refractivity contribution in [1.82, 2.24) is 9.55 Å². The second-order valence-electron chi connectivity index (χ2n) is 8.71. The van der Waals surface area contributed by atoms with Gasteiger partial charge in [0, 0.05) is 23.7 Å². The van der Waals surface area contributed by atoms with Gasteiger partial charge < -0.3 is 5.32 Å². The normalized spacial score (nSPS) is 14.5. The standard InChI is InChI=1S/C28H29N3O/c32-28(22-9-3-1-4-10-22)29-23-18-15-21(16-19-23)17-20-27-30-25-13-7-8-14-26(25)31(27)24-11-5-2-6-12-24/h2,5-8,11-16,18-19,22H,1,3-4,9-10,17,20H2,(H,29,32). The summed E-state index contributed by atoms with van der Waals surface area (Å²) in [5.41, 5.74) is 5.42. The van der Waals surface area contributed by atoms with Crippen molar-refractivity contribution in [3.05, 3.63) is 90.3 Å². The van der Waals surface area contributed by atoms with Crippen LogP contribution in [0.3, 0.4) is 0 Å². The van der Waals surface area contributed by atoms with E-state index in [9.17, 15) is 4.79 Å². The van der Waals surface area contributed by atoms with E-state index in [1.54, 1.807) is 0 Å². The highest BCUT2D eigenvalue weighted by Gasteiger charge is 2.21. The number of anilines is 1. The van der Waals surface area contributed by atoms with Crippen LogP contribution in [0.25, 0.3) is 16.7 Å². The van der Waals surface area contributed by atoms with Crippen LogP contribution < -0.4 is 5.32 Å². The first-order valence-corrected chi connectivity index (χ1v) is 11.7. The maximum Gasteiger partial charge on any atom is 0.227 e. The van der Waals surface area contributed by atoms with Gasteiger partial charge in [0.15, 0.2) is 0 Å². The summed E-state index contributed by atoms with van der Waals surface area (Å²) in [6.45, 7) is 0. The van der Waals surface area contributed by atoms with Crippen LogP contribution in [0.1, 0.15) is 43.5 Å². The Balaban J connectivity index is 1.29. The Morgan fingerprint density at radius 3 is 2.34 bits per heavy atom. The van der Waals surface area contributed by atoms with Gasteiger partial charge in [0.2, 0.25) is 5.91 Å². The second kappa shape index (κ2) is 9.39. The van der Waals surface area contributed by atoms with Crippen molar-refractivity contribution in [3.63, 3.8) is 0 Å². The molecular formula is C28H29N3O. The molecule has 4 aromatic rings. The average molecular weight is 424 g/mol. The first-order chi connectivity index (χ1) is 15.8. The third-order valence-corrected chi connectivity index (χ3v) is 6.48. The highest BCUT2D eigenvalue weighted by molar-refractivity contribution is 5.92. The van der Waals surface area contributed by atoms with Crippen LogP contribution >= 0.6 is 0 Å². The van der Waals surface area contributed by atoms with E-state index in [2.05, 4.69) is 64.5 Å². The molecule has 3 aromatic carbocycles. The molecule has 0 bridgehead atoms. The van der Waals surface area contributed by atoms with E-state index in [1.165, 1.54) is 24.8 Å². The molecule has 1 amide bonds. The number of imidazole rings is 1. The molecule has 1 aliphatic rings. The predicted octanol–water partition coefficient (Wildman–Crippen LogP) is 6.33. The lowest BCUT2D eigenvalue weighted by Gasteiger charge is -2.20. The highest BCUT2D eigenvalue weighted by Crippen LogP contribution is 2.26. The van der Waals surface area contributed by atoms with Gasteiger partial charge >= 0.3 is 0 Å². The van der Waals surface area contributed by atoms with Crippen molar-refractivity contribution in [2.75, 3.05) is 5.32 Å². The van der Waals surface area contributed by atoms with E-state index in [-0.39, 0.29) is 11.8 Å². The minimum absolute atomic E-state index is 0.175. The van der Waals surface area contributed by atoms with Crippen LogP contribution in [0.4, 0.5) is 5.69 Å². The Labute approximate surface area is 189 Å². The van der Waals surface area contributed by atoms with Gasteiger partial charge in [-0.1, -0.05) is 61.7 Å². The number of rotatable bonds is 6. The van der Waals surface area contributed by atoms with E-state index in [4.69, 9.17) is 4.98 Å². The molecule has 0 spiro atoms. The molecule has 1 N–H and O–H groups in total. The van der Waals surface area contributed by atoms with E-state index >= 15 is 0 Å². The van der Waals surface area contributed by atoms with Crippen molar-refractivity contribution in [1.29, 1.82) is 0 Å². The summed E-state index contributed by atoms with van der Waals surface area (Å²) in [4.78, 5) is 17.4. The zero-order valence-corrected chi connectivity index (χ0v) is 18.3. The lowest BCUT2D eigenvalue weighted by atomic mass is 9.88. The van der Waals surface area contributed by atoms with Gasteiger partial charge in [-0.15, -0.1) is 0 Å². The summed E-state index contributed by atoms with van der Waals surface area (Å²) in [5.74, 6) is 1.41. The zero-order chi connectivity index (χ0) is 21.8. The van der Waals surface area contributed by atoms with Gasteiger partial charge in [-0.05, 0) is 61.2 Å². The summed E-state index contributed by atoms with van der Waals surface area (Å²) < 4.78 is 2.26. The monoisotopic (exact) mass is 423 g/mol. The molecule has 5 rings (SSSR count). The number of aromatic nitrogens is 2. The number of benzene rings is 3. The van der Waals surface area contributed by atoms with Crippen molar-refractivity contribution in [2.24, 2.45) is 5.92 Å². The van der Waals surface area contributed by atoms with E-state index < -0.39 is 0 Å². The van der Waals surface area contributed by atoms with E-state index in [0.717, 1.165) is 53.9 Å². The Morgan fingerprint density at radius 1 is 0.844 bits per heavy atom. The lowest BCUT2D eigenvalue weighted by molar-refractivity contribution is -0.120. The molecule has 4 heteroatoms. The molecule has 0 radical (unpaired) electrons. The number of carbonyl (C=O) groups is 1. The van der Waals surface area contributed by atoms with Crippen molar-refractivity contribution < 1.29 is 4.79 Å². The molecule has 1 heterocycles. The molecule has 1 saturated carbocycles.